The Kier molecular flexibility index (Phi) is 8.05. The van der Waals surface area contributed by atoms with Gasteiger partial charge in [0, 0.05) is 17.7 Å². The first kappa shape index (κ1) is 24.2. The molecule has 0 spiro atoms. The summed E-state index contributed by atoms with van der Waals surface area (Å²) in [4.78, 5) is 52.6. The highest BCUT2D eigenvalue weighted by molar-refractivity contribution is 7.15. The number of H-pyrrole nitrogens is 1. The Morgan fingerprint density at radius 3 is 2.39 bits per heavy atom. The smallest absolute Gasteiger partial charge is 0.355 e. The zero-order valence-corrected chi connectivity index (χ0v) is 19.6. The molecule has 0 bridgehead atoms. The van der Waals surface area contributed by atoms with Gasteiger partial charge in [0.1, 0.15) is 10.7 Å². The number of thiophene rings is 1. The number of nitrogens with one attached hydrogen (secondary N) is 2. The average Bonchev–Trinajstić information content (AvgIpc) is 3.43. The zero-order valence-electron chi connectivity index (χ0n) is 18.7. The number of hydrogen-bond acceptors (Lipinski definition) is 8. The molecule has 0 aromatic carbocycles. The fourth-order valence-electron chi connectivity index (χ4n) is 3.59. The maximum absolute atomic E-state index is 12.7. The van der Waals surface area contributed by atoms with E-state index in [2.05, 4.69) is 10.3 Å². The molecule has 2 aromatic heterocycles. The molecule has 9 nitrogen and oxygen atoms in total. The minimum atomic E-state index is -0.613. The van der Waals surface area contributed by atoms with Crippen LogP contribution in [-0.2, 0) is 41.4 Å². The first-order valence-corrected chi connectivity index (χ1v) is 11.6. The van der Waals surface area contributed by atoms with E-state index in [9.17, 15) is 19.2 Å². The Morgan fingerprint density at radius 1 is 1.00 bits per heavy atom. The second kappa shape index (κ2) is 11.0. The van der Waals surface area contributed by atoms with Crippen LogP contribution in [0.5, 0.6) is 0 Å². The molecule has 1 aliphatic heterocycles. The standard InChI is InChI=1S/C23H26N2O7S/c1-4-30-18(26)8-7-13-15(12-19(27)31-5-2)17(24-20(13)23(29)32-6-3)11-16-14-9-10-33-22(14)25-21(16)28/h9-11,24H,4-8,12H2,1-3H3,(H,25,28). The van der Waals surface area contributed by atoms with E-state index < -0.39 is 17.9 Å². The molecule has 0 radical (unpaired) electrons. The van der Waals surface area contributed by atoms with Crippen LogP contribution in [0.4, 0.5) is 5.00 Å². The number of ether oxygens (including phenoxy) is 3. The molecule has 33 heavy (non-hydrogen) atoms. The molecule has 1 amide bonds. The summed E-state index contributed by atoms with van der Waals surface area (Å²) in [5.41, 5.74) is 2.64. The van der Waals surface area contributed by atoms with Crippen molar-refractivity contribution in [2.24, 2.45) is 0 Å². The average molecular weight is 475 g/mol. The van der Waals surface area contributed by atoms with Gasteiger partial charge in [-0.1, -0.05) is 0 Å². The summed E-state index contributed by atoms with van der Waals surface area (Å²) in [5, 5.41) is 5.40. The van der Waals surface area contributed by atoms with Crippen molar-refractivity contribution in [2.45, 2.75) is 40.0 Å². The molecule has 0 atom stereocenters. The van der Waals surface area contributed by atoms with E-state index in [0.29, 0.717) is 22.4 Å². The van der Waals surface area contributed by atoms with Crippen LogP contribution in [0.1, 0.15) is 60.1 Å². The van der Waals surface area contributed by atoms with Gasteiger partial charge in [-0.3, -0.25) is 14.4 Å². The van der Waals surface area contributed by atoms with Gasteiger partial charge in [0.15, 0.2) is 0 Å². The summed E-state index contributed by atoms with van der Waals surface area (Å²) in [7, 11) is 0. The van der Waals surface area contributed by atoms with Gasteiger partial charge in [-0.2, -0.15) is 0 Å². The maximum atomic E-state index is 12.7. The highest BCUT2D eigenvalue weighted by Gasteiger charge is 2.29. The predicted octanol–water partition coefficient (Wildman–Crippen LogP) is 3.35. The molecule has 0 saturated carbocycles. The van der Waals surface area contributed by atoms with Crippen molar-refractivity contribution >= 4 is 51.8 Å². The van der Waals surface area contributed by atoms with Crippen molar-refractivity contribution in [1.82, 2.24) is 4.98 Å². The first-order valence-electron chi connectivity index (χ1n) is 10.7. The van der Waals surface area contributed by atoms with E-state index >= 15 is 0 Å². The molecule has 3 heterocycles. The van der Waals surface area contributed by atoms with Crippen LogP contribution >= 0.6 is 11.3 Å². The summed E-state index contributed by atoms with van der Waals surface area (Å²) in [5.74, 6) is -1.80. The van der Waals surface area contributed by atoms with Gasteiger partial charge in [0.2, 0.25) is 0 Å². The van der Waals surface area contributed by atoms with Crippen LogP contribution < -0.4 is 5.32 Å². The highest BCUT2D eigenvalue weighted by Crippen LogP contribution is 2.38. The lowest BCUT2D eigenvalue weighted by molar-refractivity contribution is -0.143. The highest BCUT2D eigenvalue weighted by atomic mass is 32.1. The van der Waals surface area contributed by atoms with Crippen molar-refractivity contribution in [2.75, 3.05) is 25.1 Å². The number of amides is 1. The molecular formula is C23H26N2O7S. The summed E-state index contributed by atoms with van der Waals surface area (Å²) in [6.07, 6.45) is 1.63. The van der Waals surface area contributed by atoms with Gasteiger partial charge in [-0.15, -0.1) is 11.3 Å². The molecule has 10 heteroatoms. The predicted molar refractivity (Wildman–Crippen MR) is 123 cm³/mol. The van der Waals surface area contributed by atoms with E-state index in [1.54, 1.807) is 26.8 Å². The molecule has 3 rings (SSSR count). The Morgan fingerprint density at radius 2 is 1.70 bits per heavy atom. The first-order chi connectivity index (χ1) is 15.9. The van der Waals surface area contributed by atoms with Crippen LogP contribution in [0.25, 0.3) is 11.6 Å². The maximum Gasteiger partial charge on any atom is 0.355 e. The third-order valence-corrected chi connectivity index (χ3v) is 5.79. The second-order valence-electron chi connectivity index (χ2n) is 7.05. The minimum absolute atomic E-state index is 0.0130. The second-order valence-corrected chi connectivity index (χ2v) is 7.97. The van der Waals surface area contributed by atoms with Crippen molar-refractivity contribution in [1.29, 1.82) is 0 Å². The molecule has 0 fully saturated rings. The van der Waals surface area contributed by atoms with Gasteiger partial charge in [-0.05, 0) is 55.8 Å². The number of aromatic nitrogens is 1. The minimum Gasteiger partial charge on any atom is -0.466 e. The molecule has 2 aromatic rings. The Hall–Kier alpha value is -3.40. The lowest BCUT2D eigenvalue weighted by atomic mass is 9.99. The molecule has 176 valence electrons. The van der Waals surface area contributed by atoms with Crippen LogP contribution in [0.2, 0.25) is 0 Å². The van der Waals surface area contributed by atoms with Gasteiger partial charge in [0.25, 0.3) is 5.91 Å². The molecule has 0 aliphatic carbocycles. The topological polar surface area (TPSA) is 124 Å². The van der Waals surface area contributed by atoms with Crippen molar-refractivity contribution in [3.63, 3.8) is 0 Å². The number of fused-ring (bicyclic) bond motifs is 1. The van der Waals surface area contributed by atoms with E-state index in [4.69, 9.17) is 14.2 Å². The largest absolute Gasteiger partial charge is 0.466 e. The van der Waals surface area contributed by atoms with E-state index in [1.165, 1.54) is 11.3 Å². The number of anilines is 1. The van der Waals surface area contributed by atoms with Crippen molar-refractivity contribution < 1.29 is 33.4 Å². The summed E-state index contributed by atoms with van der Waals surface area (Å²) in [6.45, 7) is 5.68. The van der Waals surface area contributed by atoms with Crippen LogP contribution in [-0.4, -0.2) is 48.6 Å². The Bertz CT molecular complexity index is 1100. The lowest BCUT2D eigenvalue weighted by Gasteiger charge is -2.08. The van der Waals surface area contributed by atoms with Gasteiger partial charge < -0.3 is 24.5 Å². The third-order valence-electron chi connectivity index (χ3n) is 4.96. The van der Waals surface area contributed by atoms with Crippen molar-refractivity contribution in [3.05, 3.63) is 39.5 Å². The summed E-state index contributed by atoms with van der Waals surface area (Å²) >= 11 is 1.40. The number of rotatable bonds is 10. The molecule has 1 aliphatic rings. The fourth-order valence-corrected chi connectivity index (χ4v) is 4.39. The number of carbonyl (C=O) groups is 4. The summed E-state index contributed by atoms with van der Waals surface area (Å²) < 4.78 is 15.3. The van der Waals surface area contributed by atoms with E-state index in [-0.39, 0.29) is 50.7 Å². The third kappa shape index (κ3) is 5.51. The number of carbonyl (C=O) groups excluding carboxylic acids is 4. The SMILES string of the molecule is CCOC(=O)CCc1c(C(=O)OCC)[nH]c(C=C2C(=O)Nc3sccc32)c1CC(=O)OCC. The Labute approximate surface area is 195 Å². The molecular weight excluding hydrogens is 448 g/mol. The fraction of sp³-hybridized carbons (Fsp3) is 0.391. The quantitative estimate of drug-likeness (QED) is 0.307. The van der Waals surface area contributed by atoms with Crippen LogP contribution in [0.15, 0.2) is 11.4 Å². The molecule has 0 unspecified atom stereocenters. The van der Waals surface area contributed by atoms with Crippen LogP contribution in [0, 0.1) is 0 Å². The molecule has 2 N–H and O–H groups in total. The number of esters is 3. The van der Waals surface area contributed by atoms with E-state index in [1.807, 2.05) is 11.4 Å². The number of hydrogen-bond donors (Lipinski definition) is 2. The lowest BCUT2D eigenvalue weighted by Crippen LogP contribution is -2.13. The van der Waals surface area contributed by atoms with Crippen LogP contribution in [0.3, 0.4) is 0 Å². The summed E-state index contributed by atoms with van der Waals surface area (Å²) in [6, 6.07) is 1.83. The van der Waals surface area contributed by atoms with E-state index in [0.717, 1.165) is 10.6 Å². The van der Waals surface area contributed by atoms with Gasteiger partial charge in [0.05, 0.1) is 31.8 Å². The monoisotopic (exact) mass is 474 g/mol. The number of aromatic amines is 1. The van der Waals surface area contributed by atoms with Crippen molar-refractivity contribution in [3.8, 4) is 0 Å². The molecule has 0 saturated heterocycles. The zero-order chi connectivity index (χ0) is 24.0. The Balaban J connectivity index is 2.10. The normalized spacial score (nSPS) is 13.5. The van der Waals surface area contributed by atoms with Gasteiger partial charge >= 0.3 is 17.9 Å². The van der Waals surface area contributed by atoms with Gasteiger partial charge in [-0.25, -0.2) is 4.79 Å².